The molecule has 0 amide bonds. The largest absolute Gasteiger partial charge is 0.419 e. The van der Waals surface area contributed by atoms with Gasteiger partial charge in [0.25, 0.3) is 0 Å². The van der Waals surface area contributed by atoms with Crippen LogP contribution in [0.4, 0.5) is 0 Å². The highest BCUT2D eigenvalue weighted by Gasteiger charge is 2.24. The van der Waals surface area contributed by atoms with E-state index in [1.807, 2.05) is 18.2 Å². The topological polar surface area (TPSA) is 68.2 Å². The molecule has 0 radical (unpaired) electrons. The molecule has 0 aliphatic carbocycles. The van der Waals surface area contributed by atoms with E-state index in [2.05, 4.69) is 15.1 Å². The van der Waals surface area contributed by atoms with Crippen LogP contribution in [0.2, 0.25) is 5.02 Å². The van der Waals surface area contributed by atoms with Crippen LogP contribution in [0.15, 0.2) is 28.7 Å². The van der Waals surface area contributed by atoms with Gasteiger partial charge in [-0.1, -0.05) is 23.7 Å². The number of rotatable bonds is 3. The molecular formula is C12H13ClN4O. The molecule has 3 rings (SSSR count). The second kappa shape index (κ2) is 4.68. The van der Waals surface area contributed by atoms with Gasteiger partial charge in [0.1, 0.15) is 0 Å². The van der Waals surface area contributed by atoms with Gasteiger partial charge in [0.15, 0.2) is 0 Å². The first-order chi connectivity index (χ1) is 8.72. The van der Waals surface area contributed by atoms with E-state index in [1.54, 1.807) is 6.07 Å². The lowest BCUT2D eigenvalue weighted by Gasteiger charge is -2.35. The first-order valence-electron chi connectivity index (χ1n) is 5.77. The molecule has 1 saturated heterocycles. The molecule has 1 fully saturated rings. The number of benzene rings is 1. The zero-order chi connectivity index (χ0) is 12.5. The summed E-state index contributed by atoms with van der Waals surface area (Å²) < 4.78 is 5.60. The van der Waals surface area contributed by atoms with E-state index in [4.69, 9.17) is 21.8 Å². The van der Waals surface area contributed by atoms with E-state index >= 15 is 0 Å². The first kappa shape index (κ1) is 11.6. The Kier molecular flexibility index (Phi) is 3.03. The van der Waals surface area contributed by atoms with Crippen molar-refractivity contribution >= 4 is 11.6 Å². The Morgan fingerprint density at radius 1 is 1.33 bits per heavy atom. The van der Waals surface area contributed by atoms with Crippen LogP contribution in [0, 0.1) is 0 Å². The average Bonchev–Trinajstić information content (AvgIpc) is 2.76. The summed E-state index contributed by atoms with van der Waals surface area (Å²) >= 11 is 6.08. The minimum absolute atomic E-state index is 0.274. The van der Waals surface area contributed by atoms with E-state index in [9.17, 15) is 0 Å². The highest BCUT2D eigenvalue weighted by Crippen LogP contribution is 2.26. The van der Waals surface area contributed by atoms with E-state index in [0.717, 1.165) is 18.7 Å². The predicted molar refractivity (Wildman–Crippen MR) is 68.0 cm³/mol. The van der Waals surface area contributed by atoms with E-state index in [-0.39, 0.29) is 6.04 Å². The van der Waals surface area contributed by atoms with Gasteiger partial charge >= 0.3 is 0 Å². The number of halogens is 1. The van der Waals surface area contributed by atoms with Crippen molar-refractivity contribution in [3.8, 4) is 11.5 Å². The van der Waals surface area contributed by atoms with Gasteiger partial charge in [0.05, 0.1) is 17.1 Å². The summed E-state index contributed by atoms with van der Waals surface area (Å²) in [4.78, 5) is 2.16. The van der Waals surface area contributed by atoms with Crippen LogP contribution in [-0.4, -0.2) is 34.2 Å². The fourth-order valence-electron chi connectivity index (χ4n) is 1.99. The van der Waals surface area contributed by atoms with Gasteiger partial charge in [-0.15, -0.1) is 10.2 Å². The molecule has 1 aliphatic rings. The van der Waals surface area contributed by atoms with E-state index in [1.165, 1.54) is 0 Å². The standard InChI is InChI=1S/C12H13ClN4O/c13-10-4-2-1-3-9(10)12-16-15-11(18-12)7-17-5-8(14)6-17/h1-4,8H,5-7,14H2. The van der Waals surface area contributed by atoms with Gasteiger partial charge in [-0.25, -0.2) is 0 Å². The molecule has 6 heteroatoms. The molecule has 0 unspecified atom stereocenters. The average molecular weight is 265 g/mol. The summed E-state index contributed by atoms with van der Waals surface area (Å²) in [6.45, 7) is 2.40. The lowest BCUT2D eigenvalue weighted by Crippen LogP contribution is -2.54. The van der Waals surface area contributed by atoms with E-state index < -0.39 is 0 Å². The fourth-order valence-corrected chi connectivity index (χ4v) is 2.21. The lowest BCUT2D eigenvalue weighted by molar-refractivity contribution is 0.129. The summed E-state index contributed by atoms with van der Waals surface area (Å²) in [7, 11) is 0. The van der Waals surface area contributed by atoms with Crippen molar-refractivity contribution in [3.05, 3.63) is 35.2 Å². The predicted octanol–water partition coefficient (Wildman–Crippen LogP) is 1.53. The first-order valence-corrected chi connectivity index (χ1v) is 6.15. The zero-order valence-corrected chi connectivity index (χ0v) is 10.5. The maximum absolute atomic E-state index is 6.08. The molecule has 0 spiro atoms. The molecule has 1 aromatic carbocycles. The summed E-state index contributed by atoms with van der Waals surface area (Å²) in [6.07, 6.45) is 0. The molecule has 1 aromatic heterocycles. The van der Waals surface area contributed by atoms with Crippen molar-refractivity contribution in [2.75, 3.05) is 13.1 Å². The Hall–Kier alpha value is -1.43. The molecule has 5 nitrogen and oxygen atoms in total. The minimum atomic E-state index is 0.274. The van der Waals surface area contributed by atoms with Crippen LogP contribution in [0.1, 0.15) is 5.89 Å². The zero-order valence-electron chi connectivity index (χ0n) is 9.71. The summed E-state index contributed by atoms with van der Waals surface area (Å²) in [6, 6.07) is 7.69. The van der Waals surface area contributed by atoms with Crippen LogP contribution < -0.4 is 5.73 Å². The van der Waals surface area contributed by atoms with Crippen molar-refractivity contribution in [2.45, 2.75) is 12.6 Å². The summed E-state index contributed by atoms with van der Waals surface area (Å²) in [5.41, 5.74) is 6.48. The van der Waals surface area contributed by atoms with Gasteiger partial charge in [-0.3, -0.25) is 4.90 Å². The smallest absolute Gasteiger partial charge is 0.249 e. The van der Waals surface area contributed by atoms with Crippen molar-refractivity contribution in [3.63, 3.8) is 0 Å². The third kappa shape index (κ3) is 2.25. The minimum Gasteiger partial charge on any atom is -0.419 e. The highest BCUT2D eigenvalue weighted by atomic mass is 35.5. The number of nitrogens with two attached hydrogens (primary N) is 1. The van der Waals surface area contributed by atoms with Crippen molar-refractivity contribution in [1.82, 2.24) is 15.1 Å². The molecule has 0 bridgehead atoms. The molecule has 0 saturated carbocycles. The monoisotopic (exact) mass is 264 g/mol. The quantitative estimate of drug-likeness (QED) is 0.911. The van der Waals surface area contributed by atoms with Gasteiger partial charge in [0, 0.05) is 19.1 Å². The maximum Gasteiger partial charge on any atom is 0.249 e. The Balaban J connectivity index is 1.75. The Morgan fingerprint density at radius 2 is 2.11 bits per heavy atom. The van der Waals surface area contributed by atoms with Gasteiger partial charge < -0.3 is 10.2 Å². The second-order valence-corrected chi connectivity index (χ2v) is 4.84. The SMILES string of the molecule is NC1CN(Cc2nnc(-c3ccccc3Cl)o2)C1. The van der Waals surface area contributed by atoms with Crippen LogP contribution in [-0.2, 0) is 6.54 Å². The van der Waals surface area contributed by atoms with Crippen LogP contribution in [0.3, 0.4) is 0 Å². The molecule has 18 heavy (non-hydrogen) atoms. The van der Waals surface area contributed by atoms with Crippen molar-refractivity contribution in [2.24, 2.45) is 5.73 Å². The van der Waals surface area contributed by atoms with Crippen molar-refractivity contribution < 1.29 is 4.42 Å². The van der Waals surface area contributed by atoms with Gasteiger partial charge in [-0.2, -0.15) is 0 Å². The Bertz CT molecular complexity index is 551. The fraction of sp³-hybridized carbons (Fsp3) is 0.333. The number of hydrogen-bond donors (Lipinski definition) is 1. The molecule has 94 valence electrons. The number of likely N-dealkylation sites (tertiary alicyclic amines) is 1. The lowest BCUT2D eigenvalue weighted by atomic mass is 10.1. The second-order valence-electron chi connectivity index (χ2n) is 4.43. The highest BCUT2D eigenvalue weighted by molar-refractivity contribution is 6.33. The molecule has 2 aromatic rings. The van der Waals surface area contributed by atoms with Crippen LogP contribution >= 0.6 is 11.6 Å². The number of nitrogens with zero attached hydrogens (tertiary/aromatic N) is 3. The summed E-state index contributed by atoms with van der Waals surface area (Å²) in [5, 5.41) is 8.65. The van der Waals surface area contributed by atoms with Crippen LogP contribution in [0.5, 0.6) is 0 Å². The molecule has 1 aliphatic heterocycles. The Morgan fingerprint density at radius 3 is 2.83 bits per heavy atom. The van der Waals surface area contributed by atoms with E-state index in [0.29, 0.717) is 23.3 Å². The third-order valence-corrected chi connectivity index (χ3v) is 3.24. The molecular weight excluding hydrogens is 252 g/mol. The van der Waals surface area contributed by atoms with Gasteiger partial charge in [-0.05, 0) is 12.1 Å². The molecule has 2 N–H and O–H groups in total. The third-order valence-electron chi connectivity index (χ3n) is 2.92. The maximum atomic E-state index is 6.08. The Labute approximate surface area is 110 Å². The van der Waals surface area contributed by atoms with Crippen LogP contribution in [0.25, 0.3) is 11.5 Å². The normalized spacial score (nSPS) is 16.8. The summed E-state index contributed by atoms with van der Waals surface area (Å²) in [5.74, 6) is 1.05. The molecule has 2 heterocycles. The van der Waals surface area contributed by atoms with Crippen molar-refractivity contribution in [1.29, 1.82) is 0 Å². The number of hydrogen-bond acceptors (Lipinski definition) is 5. The number of aromatic nitrogens is 2. The molecule has 0 atom stereocenters. The van der Waals surface area contributed by atoms with Gasteiger partial charge in [0.2, 0.25) is 11.8 Å².